The average molecular weight is 215 g/mol. The van der Waals surface area contributed by atoms with Crippen LogP contribution in [0.2, 0.25) is 0 Å². The predicted octanol–water partition coefficient (Wildman–Crippen LogP) is 0.954. The highest BCUT2D eigenvalue weighted by Gasteiger charge is 2.25. The van der Waals surface area contributed by atoms with Crippen LogP contribution in [0.25, 0.3) is 0 Å². The van der Waals surface area contributed by atoms with Gasteiger partial charge in [-0.1, -0.05) is 0 Å². The van der Waals surface area contributed by atoms with Crippen molar-refractivity contribution in [3.63, 3.8) is 0 Å². The van der Waals surface area contributed by atoms with Crippen molar-refractivity contribution in [1.82, 2.24) is 5.32 Å². The van der Waals surface area contributed by atoms with Gasteiger partial charge < -0.3 is 14.8 Å². The molecule has 1 heterocycles. The lowest BCUT2D eigenvalue weighted by molar-refractivity contribution is -0.151. The summed E-state index contributed by atoms with van der Waals surface area (Å²) in [6.45, 7) is 6.48. The van der Waals surface area contributed by atoms with Crippen molar-refractivity contribution in [2.75, 3.05) is 26.4 Å². The number of carbonyl (C=O) groups is 1. The third-order valence-corrected chi connectivity index (χ3v) is 2.63. The molecule has 0 bridgehead atoms. The number of ether oxygens (including phenoxy) is 2. The summed E-state index contributed by atoms with van der Waals surface area (Å²) in [6, 6.07) is 0.420. The molecular formula is C11H21NO3. The summed E-state index contributed by atoms with van der Waals surface area (Å²) in [5, 5.41) is 3.31. The molecule has 1 rings (SSSR count). The molecule has 0 saturated carbocycles. The number of hydrogen-bond donors (Lipinski definition) is 1. The number of carbonyl (C=O) groups excluding carboxylic acids is 1. The zero-order chi connectivity index (χ0) is 11.1. The first-order valence-corrected chi connectivity index (χ1v) is 5.71. The fourth-order valence-electron chi connectivity index (χ4n) is 1.81. The summed E-state index contributed by atoms with van der Waals surface area (Å²) in [4.78, 5) is 11.6. The minimum Gasteiger partial charge on any atom is -0.463 e. The molecular weight excluding hydrogens is 194 g/mol. The van der Waals surface area contributed by atoms with E-state index in [0.717, 1.165) is 19.4 Å². The Morgan fingerprint density at radius 2 is 2.27 bits per heavy atom. The van der Waals surface area contributed by atoms with Gasteiger partial charge in [0.1, 0.15) is 6.61 Å². The number of esters is 1. The van der Waals surface area contributed by atoms with Gasteiger partial charge in [-0.2, -0.15) is 0 Å². The fourth-order valence-corrected chi connectivity index (χ4v) is 1.81. The van der Waals surface area contributed by atoms with Crippen LogP contribution in [0.15, 0.2) is 0 Å². The zero-order valence-electron chi connectivity index (χ0n) is 9.62. The fraction of sp³-hybridized carbons (Fsp3) is 0.909. The third-order valence-electron chi connectivity index (χ3n) is 2.63. The zero-order valence-corrected chi connectivity index (χ0v) is 9.62. The standard InChI is InChI=1S/C11H21NO3/c1-3-14-6-7-15-11(13)10-4-5-12-9(2)8-10/h9-10,12H,3-8H2,1-2H3. The van der Waals surface area contributed by atoms with Crippen LogP contribution in [-0.4, -0.2) is 38.4 Å². The molecule has 0 amide bonds. The van der Waals surface area contributed by atoms with Gasteiger partial charge in [0.15, 0.2) is 0 Å². The maximum atomic E-state index is 11.6. The van der Waals surface area contributed by atoms with Crippen LogP contribution in [0.3, 0.4) is 0 Å². The van der Waals surface area contributed by atoms with E-state index in [4.69, 9.17) is 9.47 Å². The molecule has 4 heteroatoms. The van der Waals surface area contributed by atoms with Gasteiger partial charge >= 0.3 is 5.97 Å². The molecule has 0 radical (unpaired) electrons. The number of rotatable bonds is 5. The Hall–Kier alpha value is -0.610. The van der Waals surface area contributed by atoms with Crippen LogP contribution in [-0.2, 0) is 14.3 Å². The Kier molecular flexibility index (Phi) is 5.65. The van der Waals surface area contributed by atoms with Crippen molar-refractivity contribution < 1.29 is 14.3 Å². The SMILES string of the molecule is CCOCCOC(=O)C1CCNC(C)C1. The molecule has 4 nitrogen and oxygen atoms in total. The van der Waals surface area contributed by atoms with Crippen LogP contribution in [0, 0.1) is 5.92 Å². The molecule has 15 heavy (non-hydrogen) atoms. The molecule has 1 saturated heterocycles. The molecule has 1 aliphatic rings. The first-order valence-electron chi connectivity index (χ1n) is 5.71. The average Bonchev–Trinajstić information content (AvgIpc) is 2.24. The first kappa shape index (κ1) is 12.5. The monoisotopic (exact) mass is 215 g/mol. The molecule has 88 valence electrons. The molecule has 1 aliphatic heterocycles. The van der Waals surface area contributed by atoms with Gasteiger partial charge in [0.25, 0.3) is 0 Å². The summed E-state index contributed by atoms with van der Waals surface area (Å²) in [6.07, 6.45) is 1.77. The highest BCUT2D eigenvalue weighted by molar-refractivity contribution is 5.72. The predicted molar refractivity (Wildman–Crippen MR) is 57.6 cm³/mol. The van der Waals surface area contributed by atoms with Crippen molar-refractivity contribution in [3.05, 3.63) is 0 Å². The molecule has 2 unspecified atom stereocenters. The van der Waals surface area contributed by atoms with Crippen molar-refractivity contribution in [1.29, 1.82) is 0 Å². The lowest BCUT2D eigenvalue weighted by atomic mass is 9.93. The normalized spacial score (nSPS) is 26.3. The van der Waals surface area contributed by atoms with Crippen LogP contribution in [0.4, 0.5) is 0 Å². The van der Waals surface area contributed by atoms with Crippen LogP contribution in [0.1, 0.15) is 26.7 Å². The van der Waals surface area contributed by atoms with E-state index in [0.29, 0.717) is 25.9 Å². The van der Waals surface area contributed by atoms with Crippen LogP contribution < -0.4 is 5.32 Å². The van der Waals surface area contributed by atoms with Crippen LogP contribution in [0.5, 0.6) is 0 Å². The lowest BCUT2D eigenvalue weighted by Crippen LogP contribution is -2.39. The second kappa shape index (κ2) is 6.80. The van der Waals surface area contributed by atoms with Gasteiger partial charge in [0.2, 0.25) is 0 Å². The van der Waals surface area contributed by atoms with Crippen molar-refractivity contribution in [2.45, 2.75) is 32.7 Å². The minimum absolute atomic E-state index is 0.0666. The molecule has 0 aromatic carbocycles. The van der Waals surface area contributed by atoms with Gasteiger partial charge in [0, 0.05) is 12.6 Å². The topological polar surface area (TPSA) is 47.6 Å². The summed E-state index contributed by atoms with van der Waals surface area (Å²) in [5.41, 5.74) is 0. The van der Waals surface area contributed by atoms with E-state index in [1.54, 1.807) is 0 Å². The Labute approximate surface area is 91.3 Å². The number of piperidine rings is 1. The van der Waals surface area contributed by atoms with Gasteiger partial charge in [-0.25, -0.2) is 0 Å². The van der Waals surface area contributed by atoms with E-state index in [2.05, 4.69) is 12.2 Å². The minimum atomic E-state index is -0.0666. The first-order chi connectivity index (χ1) is 7.24. The van der Waals surface area contributed by atoms with Crippen molar-refractivity contribution in [3.8, 4) is 0 Å². The van der Waals surface area contributed by atoms with Gasteiger partial charge in [-0.05, 0) is 33.2 Å². The van der Waals surface area contributed by atoms with Crippen molar-refractivity contribution >= 4 is 5.97 Å². The summed E-state index contributed by atoms with van der Waals surface area (Å²) >= 11 is 0. The quantitative estimate of drug-likeness (QED) is 0.548. The van der Waals surface area contributed by atoms with Crippen molar-refractivity contribution in [2.24, 2.45) is 5.92 Å². The van der Waals surface area contributed by atoms with Gasteiger partial charge in [0.05, 0.1) is 12.5 Å². The largest absolute Gasteiger partial charge is 0.463 e. The van der Waals surface area contributed by atoms with E-state index >= 15 is 0 Å². The van der Waals surface area contributed by atoms with Gasteiger partial charge in [-0.15, -0.1) is 0 Å². The van der Waals surface area contributed by atoms with Gasteiger partial charge in [-0.3, -0.25) is 4.79 Å². The van der Waals surface area contributed by atoms with E-state index in [9.17, 15) is 4.79 Å². The molecule has 0 spiro atoms. The highest BCUT2D eigenvalue weighted by Crippen LogP contribution is 2.17. The lowest BCUT2D eigenvalue weighted by Gasteiger charge is -2.26. The molecule has 2 atom stereocenters. The highest BCUT2D eigenvalue weighted by atomic mass is 16.6. The molecule has 0 aromatic heterocycles. The van der Waals surface area contributed by atoms with E-state index in [1.807, 2.05) is 6.92 Å². The van der Waals surface area contributed by atoms with Crippen LogP contribution >= 0.6 is 0 Å². The number of nitrogens with one attached hydrogen (secondary N) is 1. The van der Waals surface area contributed by atoms with E-state index in [1.165, 1.54) is 0 Å². The maximum Gasteiger partial charge on any atom is 0.309 e. The number of hydrogen-bond acceptors (Lipinski definition) is 4. The smallest absolute Gasteiger partial charge is 0.309 e. The molecule has 1 N–H and O–H groups in total. The Morgan fingerprint density at radius 3 is 2.93 bits per heavy atom. The second-order valence-corrected chi connectivity index (χ2v) is 3.94. The molecule has 0 aromatic rings. The molecule has 1 fully saturated rings. The summed E-state index contributed by atoms with van der Waals surface area (Å²) in [7, 11) is 0. The Bertz CT molecular complexity index is 196. The Balaban J connectivity index is 2.15. The maximum absolute atomic E-state index is 11.6. The van der Waals surface area contributed by atoms with E-state index < -0.39 is 0 Å². The summed E-state index contributed by atoms with van der Waals surface area (Å²) < 4.78 is 10.2. The summed E-state index contributed by atoms with van der Waals surface area (Å²) in [5.74, 6) is 0.00549. The van der Waals surface area contributed by atoms with E-state index in [-0.39, 0.29) is 11.9 Å². The second-order valence-electron chi connectivity index (χ2n) is 3.94. The Morgan fingerprint density at radius 1 is 1.47 bits per heavy atom. The third kappa shape index (κ3) is 4.62. The molecule has 0 aliphatic carbocycles.